The average Bonchev–Trinajstić information content (AvgIpc) is 2.80. The maximum absolute atomic E-state index is 2.51. The van der Waals surface area contributed by atoms with Gasteiger partial charge in [-0.25, -0.2) is 0 Å². The van der Waals surface area contributed by atoms with Crippen LogP contribution in [0.5, 0.6) is 0 Å². The van der Waals surface area contributed by atoms with Crippen molar-refractivity contribution < 1.29 is 0 Å². The Morgan fingerprint density at radius 3 is 1.88 bits per heavy atom. The van der Waals surface area contributed by atoms with Crippen molar-refractivity contribution in [3.63, 3.8) is 0 Å². The summed E-state index contributed by atoms with van der Waals surface area (Å²) in [6, 6.07) is 0. The molecule has 0 radical (unpaired) electrons. The average molecular weight is 234 g/mol. The first-order valence-corrected chi connectivity index (χ1v) is 7.49. The molecule has 17 heavy (non-hydrogen) atoms. The highest BCUT2D eigenvalue weighted by Crippen LogP contribution is 2.41. The van der Waals surface area contributed by atoms with Gasteiger partial charge in [0.1, 0.15) is 0 Å². The summed E-state index contributed by atoms with van der Waals surface area (Å²) in [4.78, 5) is 0. The first kappa shape index (κ1) is 14.5. The van der Waals surface area contributed by atoms with Crippen molar-refractivity contribution in [3.8, 4) is 0 Å². The van der Waals surface area contributed by atoms with E-state index in [0.29, 0.717) is 0 Å². The van der Waals surface area contributed by atoms with E-state index in [1.165, 1.54) is 25.7 Å². The molecule has 0 heterocycles. The fourth-order valence-electron chi connectivity index (χ4n) is 2.83. The van der Waals surface area contributed by atoms with Gasteiger partial charge in [0.2, 0.25) is 0 Å². The lowest BCUT2D eigenvalue weighted by atomic mass is 9.82. The summed E-state index contributed by atoms with van der Waals surface area (Å²) in [5.41, 5.74) is 5.12. The minimum Gasteiger partial charge on any atom is -0.0767 e. The van der Waals surface area contributed by atoms with Crippen LogP contribution in [-0.2, 0) is 0 Å². The van der Waals surface area contributed by atoms with Crippen LogP contribution in [0.2, 0.25) is 0 Å². The van der Waals surface area contributed by atoms with Crippen LogP contribution in [0.1, 0.15) is 67.2 Å². The summed E-state index contributed by atoms with van der Waals surface area (Å²) in [5, 5.41) is 0. The van der Waals surface area contributed by atoms with E-state index in [9.17, 15) is 0 Å². The Kier molecular flexibility index (Phi) is 5.49. The predicted octanol–water partition coefficient (Wildman–Crippen LogP) is 5.75. The smallest absolute Gasteiger partial charge is 0.0124 e. The first-order valence-electron chi connectivity index (χ1n) is 7.49. The summed E-state index contributed by atoms with van der Waals surface area (Å²) in [6.45, 7) is 14.1. The van der Waals surface area contributed by atoms with Crippen molar-refractivity contribution in [1.82, 2.24) is 0 Å². The van der Waals surface area contributed by atoms with Gasteiger partial charge in [0, 0.05) is 0 Å². The number of rotatable bonds is 6. The Balaban J connectivity index is 3.06. The highest BCUT2D eigenvalue weighted by atomic mass is 14.3. The lowest BCUT2D eigenvalue weighted by Gasteiger charge is -2.23. The topological polar surface area (TPSA) is 0 Å². The second-order valence-electron chi connectivity index (χ2n) is 5.73. The van der Waals surface area contributed by atoms with Crippen molar-refractivity contribution >= 4 is 0 Å². The number of hydrogen-bond donors (Lipinski definition) is 0. The van der Waals surface area contributed by atoms with E-state index in [4.69, 9.17) is 0 Å². The fourth-order valence-corrected chi connectivity index (χ4v) is 2.83. The molecular formula is C17H30. The number of hydrogen-bond acceptors (Lipinski definition) is 0. The van der Waals surface area contributed by atoms with Crippen molar-refractivity contribution in [2.45, 2.75) is 67.2 Å². The van der Waals surface area contributed by atoms with Crippen LogP contribution in [0.25, 0.3) is 0 Å². The molecule has 3 atom stereocenters. The highest BCUT2D eigenvalue weighted by molar-refractivity contribution is 5.45. The Hall–Kier alpha value is -0.520. The summed E-state index contributed by atoms with van der Waals surface area (Å²) < 4.78 is 0. The third-order valence-corrected chi connectivity index (χ3v) is 4.65. The van der Waals surface area contributed by atoms with Gasteiger partial charge in [-0.3, -0.25) is 0 Å². The zero-order valence-electron chi connectivity index (χ0n) is 12.6. The van der Waals surface area contributed by atoms with Gasteiger partial charge >= 0.3 is 0 Å². The van der Waals surface area contributed by atoms with E-state index < -0.39 is 0 Å². The summed E-state index contributed by atoms with van der Waals surface area (Å²) in [5.74, 6) is 2.24. The van der Waals surface area contributed by atoms with Crippen LogP contribution in [0, 0.1) is 17.8 Å². The molecule has 0 spiro atoms. The minimum atomic E-state index is 0.737. The lowest BCUT2D eigenvalue weighted by Crippen LogP contribution is -2.09. The Morgan fingerprint density at radius 1 is 0.882 bits per heavy atom. The molecule has 0 heteroatoms. The van der Waals surface area contributed by atoms with Gasteiger partial charge < -0.3 is 0 Å². The zero-order valence-corrected chi connectivity index (χ0v) is 12.6. The molecule has 3 unspecified atom stereocenters. The standard InChI is InChI=1S/C17H30/c1-7-12(4)15-10-11-16(13(5)8-2)17(15)14(6)9-3/h10,12-14H,7-9,11H2,1-6H3. The zero-order chi connectivity index (χ0) is 13.0. The van der Waals surface area contributed by atoms with Gasteiger partial charge in [-0.2, -0.15) is 0 Å². The molecule has 0 N–H and O–H groups in total. The van der Waals surface area contributed by atoms with E-state index >= 15 is 0 Å². The van der Waals surface area contributed by atoms with Gasteiger partial charge in [0.15, 0.2) is 0 Å². The third-order valence-electron chi connectivity index (χ3n) is 4.65. The van der Waals surface area contributed by atoms with E-state index in [-0.39, 0.29) is 0 Å². The third kappa shape index (κ3) is 3.03. The van der Waals surface area contributed by atoms with Gasteiger partial charge in [-0.15, -0.1) is 0 Å². The maximum atomic E-state index is 2.51. The van der Waals surface area contributed by atoms with Crippen molar-refractivity contribution in [1.29, 1.82) is 0 Å². The molecule has 0 aliphatic heterocycles. The minimum absolute atomic E-state index is 0.737. The number of allylic oxidation sites excluding steroid dienone is 4. The van der Waals surface area contributed by atoms with Gasteiger partial charge in [0.05, 0.1) is 0 Å². The molecule has 0 nitrogen and oxygen atoms in total. The normalized spacial score (nSPS) is 21.4. The molecule has 0 amide bonds. The molecule has 0 aromatic carbocycles. The summed E-state index contributed by atoms with van der Waals surface area (Å²) in [7, 11) is 0. The van der Waals surface area contributed by atoms with Gasteiger partial charge in [-0.05, 0) is 54.6 Å². The van der Waals surface area contributed by atoms with Crippen molar-refractivity contribution in [2.75, 3.05) is 0 Å². The molecule has 1 aliphatic carbocycles. The molecule has 0 bridgehead atoms. The second-order valence-corrected chi connectivity index (χ2v) is 5.73. The van der Waals surface area contributed by atoms with Crippen LogP contribution in [-0.4, -0.2) is 0 Å². The van der Waals surface area contributed by atoms with E-state index in [0.717, 1.165) is 17.8 Å². The summed E-state index contributed by atoms with van der Waals surface area (Å²) in [6.07, 6.45) is 7.53. The van der Waals surface area contributed by atoms with E-state index in [1.54, 1.807) is 16.7 Å². The van der Waals surface area contributed by atoms with Crippen LogP contribution in [0.3, 0.4) is 0 Å². The Labute approximate surface area is 108 Å². The molecule has 0 aromatic rings. The first-order chi connectivity index (χ1) is 8.06. The lowest BCUT2D eigenvalue weighted by molar-refractivity contribution is 0.576. The predicted molar refractivity (Wildman–Crippen MR) is 78.1 cm³/mol. The molecular weight excluding hydrogens is 204 g/mol. The van der Waals surface area contributed by atoms with Gasteiger partial charge in [-0.1, -0.05) is 53.2 Å². The Bertz CT molecular complexity index is 306. The largest absolute Gasteiger partial charge is 0.0767 e. The SMILES string of the molecule is CCC(C)C1=CCC(C(C)CC)=C1C(C)CC. The van der Waals surface area contributed by atoms with Crippen molar-refractivity contribution in [2.24, 2.45) is 17.8 Å². The second kappa shape index (κ2) is 6.42. The quantitative estimate of drug-likeness (QED) is 0.549. The van der Waals surface area contributed by atoms with Crippen LogP contribution in [0.4, 0.5) is 0 Å². The monoisotopic (exact) mass is 234 g/mol. The molecule has 1 aliphatic rings. The highest BCUT2D eigenvalue weighted by Gasteiger charge is 2.26. The molecule has 0 aromatic heterocycles. The molecule has 0 saturated heterocycles. The molecule has 0 fully saturated rings. The molecule has 0 saturated carbocycles. The summed E-state index contributed by atoms with van der Waals surface area (Å²) >= 11 is 0. The fraction of sp³-hybridized carbons (Fsp3) is 0.765. The maximum Gasteiger partial charge on any atom is -0.0124 e. The molecule has 98 valence electrons. The van der Waals surface area contributed by atoms with E-state index in [1.807, 2.05) is 0 Å². The van der Waals surface area contributed by atoms with Crippen LogP contribution < -0.4 is 0 Å². The van der Waals surface area contributed by atoms with Gasteiger partial charge in [0.25, 0.3) is 0 Å². The Morgan fingerprint density at radius 2 is 1.41 bits per heavy atom. The van der Waals surface area contributed by atoms with Crippen LogP contribution >= 0.6 is 0 Å². The van der Waals surface area contributed by atoms with Crippen LogP contribution in [0.15, 0.2) is 22.8 Å². The van der Waals surface area contributed by atoms with Crippen molar-refractivity contribution in [3.05, 3.63) is 22.8 Å². The molecule has 1 rings (SSSR count). The van der Waals surface area contributed by atoms with E-state index in [2.05, 4.69) is 47.6 Å².